The van der Waals surface area contributed by atoms with Crippen LogP contribution in [0.25, 0.3) is 0 Å². The van der Waals surface area contributed by atoms with Crippen LogP contribution in [0.2, 0.25) is 0 Å². The fourth-order valence-electron chi connectivity index (χ4n) is 2.79. The van der Waals surface area contributed by atoms with Gasteiger partial charge in [-0.25, -0.2) is 0 Å². The highest BCUT2D eigenvalue weighted by molar-refractivity contribution is 7.80. The molecule has 7 nitrogen and oxygen atoms in total. The van der Waals surface area contributed by atoms with E-state index >= 15 is 0 Å². The molecule has 31 heavy (non-hydrogen) atoms. The normalized spacial score (nSPS) is 10.3. The Kier molecular flexibility index (Phi) is 9.93. The van der Waals surface area contributed by atoms with Gasteiger partial charge in [0.1, 0.15) is 12.4 Å². The Balaban J connectivity index is 1.86. The lowest BCUT2D eigenvalue weighted by molar-refractivity contribution is 0.0772. The summed E-state index contributed by atoms with van der Waals surface area (Å²) in [7, 11) is 0. The van der Waals surface area contributed by atoms with E-state index in [1.807, 2.05) is 20.8 Å². The number of nitrogens with one attached hydrogen (secondary N) is 2. The molecule has 0 fully saturated rings. The van der Waals surface area contributed by atoms with Crippen molar-refractivity contribution in [3.05, 3.63) is 59.7 Å². The second-order valence-corrected chi connectivity index (χ2v) is 6.94. The lowest BCUT2D eigenvalue weighted by atomic mass is 10.2. The number of ether oxygens (including phenoxy) is 2. The minimum atomic E-state index is -0.327. The number of anilines is 1. The van der Waals surface area contributed by atoms with Crippen LogP contribution in [-0.2, 0) is 4.74 Å². The van der Waals surface area contributed by atoms with Crippen molar-refractivity contribution in [3.8, 4) is 5.75 Å². The summed E-state index contributed by atoms with van der Waals surface area (Å²) in [6.45, 7) is 8.75. The van der Waals surface area contributed by atoms with E-state index in [-0.39, 0.29) is 16.9 Å². The maximum absolute atomic E-state index is 12.4. The largest absolute Gasteiger partial charge is 0.491 e. The number of hydrogen-bond acceptors (Lipinski definition) is 5. The van der Waals surface area contributed by atoms with Crippen molar-refractivity contribution < 1.29 is 19.1 Å². The van der Waals surface area contributed by atoms with Gasteiger partial charge in [-0.1, -0.05) is 0 Å². The number of carbonyl (C=O) groups excluding carboxylic acids is 2. The molecule has 2 rings (SSSR count). The fraction of sp³-hybridized carbons (Fsp3) is 0.348. The van der Waals surface area contributed by atoms with Crippen LogP contribution in [0.4, 0.5) is 5.69 Å². The third-order valence-electron chi connectivity index (χ3n) is 4.48. The van der Waals surface area contributed by atoms with Crippen molar-refractivity contribution in [3.63, 3.8) is 0 Å². The maximum atomic E-state index is 12.4. The van der Waals surface area contributed by atoms with Crippen molar-refractivity contribution in [1.29, 1.82) is 0 Å². The Morgan fingerprint density at radius 1 is 0.903 bits per heavy atom. The van der Waals surface area contributed by atoms with Crippen LogP contribution in [0, 0.1) is 0 Å². The molecule has 0 aliphatic carbocycles. The molecule has 0 unspecified atom stereocenters. The molecule has 0 saturated heterocycles. The minimum absolute atomic E-state index is 0.0160. The standard InChI is InChI=1S/C23H29N3O4S/c1-4-26(5-2)22(28)18-7-11-19(12-8-18)24-23(31)25-21(27)17-9-13-20(14-10-17)30-16-15-29-6-3/h7-14H,4-6,15-16H2,1-3H3,(H2,24,25,27,31). The highest BCUT2D eigenvalue weighted by Gasteiger charge is 2.12. The van der Waals surface area contributed by atoms with Crippen molar-refractivity contribution in [2.24, 2.45) is 0 Å². The Morgan fingerprint density at radius 2 is 1.52 bits per heavy atom. The first-order valence-electron chi connectivity index (χ1n) is 10.3. The van der Waals surface area contributed by atoms with Crippen molar-refractivity contribution in [2.45, 2.75) is 20.8 Å². The van der Waals surface area contributed by atoms with Crippen LogP contribution in [-0.4, -0.2) is 54.7 Å². The summed E-state index contributed by atoms with van der Waals surface area (Å²) in [5.74, 6) is 0.320. The molecule has 0 radical (unpaired) electrons. The zero-order chi connectivity index (χ0) is 22.6. The number of amides is 2. The van der Waals surface area contributed by atoms with Gasteiger partial charge in [-0.3, -0.25) is 14.9 Å². The first-order valence-corrected chi connectivity index (χ1v) is 10.7. The van der Waals surface area contributed by atoms with Gasteiger partial charge >= 0.3 is 0 Å². The van der Waals surface area contributed by atoms with Crippen LogP contribution in [0.3, 0.4) is 0 Å². The van der Waals surface area contributed by atoms with E-state index in [1.54, 1.807) is 53.4 Å². The van der Waals surface area contributed by atoms with Crippen molar-refractivity contribution in [2.75, 3.05) is 38.2 Å². The Hall–Kier alpha value is -2.97. The van der Waals surface area contributed by atoms with E-state index < -0.39 is 0 Å². The number of hydrogen-bond donors (Lipinski definition) is 2. The molecule has 166 valence electrons. The van der Waals surface area contributed by atoms with Crippen molar-refractivity contribution in [1.82, 2.24) is 10.2 Å². The monoisotopic (exact) mass is 443 g/mol. The molecule has 0 spiro atoms. The minimum Gasteiger partial charge on any atom is -0.491 e. The molecule has 0 aromatic heterocycles. The molecule has 0 saturated carbocycles. The lowest BCUT2D eigenvalue weighted by Crippen LogP contribution is -2.34. The summed E-state index contributed by atoms with van der Waals surface area (Å²) < 4.78 is 10.8. The number of benzene rings is 2. The van der Waals surface area contributed by atoms with Crippen molar-refractivity contribution >= 4 is 34.8 Å². The Labute approximate surface area is 188 Å². The predicted octanol–water partition coefficient (Wildman–Crippen LogP) is 3.71. The van der Waals surface area contributed by atoms with E-state index in [1.165, 1.54) is 0 Å². The van der Waals surface area contributed by atoms with Gasteiger partial charge in [-0.2, -0.15) is 0 Å². The number of carbonyl (C=O) groups is 2. The molecule has 0 atom stereocenters. The smallest absolute Gasteiger partial charge is 0.257 e. The molecule has 0 bridgehead atoms. The third kappa shape index (κ3) is 7.66. The average Bonchev–Trinajstić information content (AvgIpc) is 2.78. The summed E-state index contributed by atoms with van der Waals surface area (Å²) in [5, 5.41) is 5.77. The quantitative estimate of drug-likeness (QED) is 0.430. The summed E-state index contributed by atoms with van der Waals surface area (Å²) >= 11 is 5.23. The highest BCUT2D eigenvalue weighted by Crippen LogP contribution is 2.13. The first kappa shape index (κ1) is 24.3. The van der Waals surface area contributed by atoms with E-state index in [0.717, 1.165) is 0 Å². The second-order valence-electron chi connectivity index (χ2n) is 6.53. The summed E-state index contributed by atoms with van der Waals surface area (Å²) in [5.41, 5.74) is 1.74. The summed E-state index contributed by atoms with van der Waals surface area (Å²) in [4.78, 5) is 26.5. The van der Waals surface area contributed by atoms with E-state index in [4.69, 9.17) is 21.7 Å². The van der Waals surface area contributed by atoms with E-state index in [0.29, 0.717) is 55.5 Å². The predicted molar refractivity (Wildman–Crippen MR) is 126 cm³/mol. The number of rotatable bonds is 10. The molecule has 2 N–H and O–H groups in total. The van der Waals surface area contributed by atoms with Crippen LogP contribution in [0.1, 0.15) is 41.5 Å². The molecule has 0 aliphatic heterocycles. The molecular weight excluding hydrogens is 414 g/mol. The molecule has 2 aromatic carbocycles. The van der Waals surface area contributed by atoms with Gasteiger partial charge in [0, 0.05) is 36.5 Å². The van der Waals surface area contributed by atoms with Crippen LogP contribution < -0.4 is 15.4 Å². The SMILES string of the molecule is CCOCCOc1ccc(C(=O)NC(=S)Nc2ccc(C(=O)N(CC)CC)cc2)cc1. The molecule has 0 heterocycles. The van der Waals surface area contributed by atoms with Gasteiger partial charge < -0.3 is 19.7 Å². The van der Waals surface area contributed by atoms with Crippen LogP contribution in [0.15, 0.2) is 48.5 Å². The van der Waals surface area contributed by atoms with Gasteiger partial charge in [-0.15, -0.1) is 0 Å². The molecule has 0 aliphatic rings. The fourth-order valence-corrected chi connectivity index (χ4v) is 3.00. The lowest BCUT2D eigenvalue weighted by Gasteiger charge is -2.18. The summed E-state index contributed by atoms with van der Waals surface area (Å²) in [6, 6.07) is 13.8. The second kappa shape index (κ2) is 12.7. The molecular formula is C23H29N3O4S. The zero-order valence-corrected chi connectivity index (χ0v) is 19.0. The van der Waals surface area contributed by atoms with Gasteiger partial charge in [-0.05, 0) is 81.5 Å². The number of nitrogens with zero attached hydrogens (tertiary/aromatic N) is 1. The molecule has 2 aromatic rings. The Morgan fingerprint density at radius 3 is 2.10 bits per heavy atom. The number of thiocarbonyl (C=S) groups is 1. The van der Waals surface area contributed by atoms with Gasteiger partial charge in [0.25, 0.3) is 11.8 Å². The van der Waals surface area contributed by atoms with Gasteiger partial charge in [0.15, 0.2) is 5.11 Å². The van der Waals surface area contributed by atoms with E-state index in [2.05, 4.69) is 10.6 Å². The molecule has 8 heteroatoms. The Bertz CT molecular complexity index is 865. The average molecular weight is 444 g/mol. The highest BCUT2D eigenvalue weighted by atomic mass is 32.1. The topological polar surface area (TPSA) is 79.9 Å². The molecule has 2 amide bonds. The van der Waals surface area contributed by atoms with Gasteiger partial charge in [0.2, 0.25) is 0 Å². The van der Waals surface area contributed by atoms with Crippen LogP contribution >= 0.6 is 12.2 Å². The first-order chi connectivity index (χ1) is 15.0. The maximum Gasteiger partial charge on any atom is 0.257 e. The van der Waals surface area contributed by atoms with Gasteiger partial charge in [0.05, 0.1) is 6.61 Å². The summed E-state index contributed by atoms with van der Waals surface area (Å²) in [6.07, 6.45) is 0. The van der Waals surface area contributed by atoms with E-state index in [9.17, 15) is 9.59 Å². The zero-order valence-electron chi connectivity index (χ0n) is 18.1. The van der Waals surface area contributed by atoms with Crippen LogP contribution in [0.5, 0.6) is 5.75 Å². The third-order valence-corrected chi connectivity index (χ3v) is 4.69.